The van der Waals surface area contributed by atoms with E-state index in [1.54, 1.807) is 11.0 Å². The molecule has 0 saturated carbocycles. The molecule has 3 unspecified atom stereocenters. The molecule has 0 aliphatic carbocycles. The molecular weight excluding hydrogens is 394 g/mol. The molecule has 7 nitrogen and oxygen atoms in total. The molecule has 2 bridgehead atoms. The molecule has 3 amide bonds. The van der Waals surface area contributed by atoms with Crippen LogP contribution < -0.4 is 10.6 Å². The standard InChI is InChI=1S/C24H33N3O4/c1-6-10-18-19-13-14-20(24(18,25-16(2)28)21(29)26-23(3,4)5)27(19)22(30)31-15-17-11-8-7-9-12-17/h6-9,11-12,18-20H,1,10,13-15H2,2-5H3,(H,25,28)(H,26,29)/t18-,19?,20?,24?/m0/s1. The molecule has 0 aromatic heterocycles. The lowest BCUT2D eigenvalue weighted by Crippen LogP contribution is -2.70. The van der Waals surface area contributed by atoms with Crippen LogP contribution in [0.3, 0.4) is 0 Å². The second-order valence-electron chi connectivity index (χ2n) is 9.49. The third-order valence-corrected chi connectivity index (χ3v) is 6.09. The van der Waals surface area contributed by atoms with Crippen molar-refractivity contribution in [2.75, 3.05) is 0 Å². The van der Waals surface area contributed by atoms with Crippen molar-refractivity contribution in [3.63, 3.8) is 0 Å². The highest BCUT2D eigenvalue weighted by molar-refractivity contribution is 5.94. The largest absolute Gasteiger partial charge is 0.445 e. The van der Waals surface area contributed by atoms with E-state index in [-0.39, 0.29) is 30.4 Å². The fourth-order valence-corrected chi connectivity index (χ4v) is 5.10. The molecule has 2 aliphatic rings. The molecule has 2 aliphatic heterocycles. The van der Waals surface area contributed by atoms with Gasteiger partial charge in [-0.15, -0.1) is 6.58 Å². The van der Waals surface area contributed by atoms with Gasteiger partial charge in [0.05, 0.1) is 6.04 Å². The van der Waals surface area contributed by atoms with Crippen LogP contribution in [0.4, 0.5) is 4.79 Å². The molecule has 2 saturated heterocycles. The summed E-state index contributed by atoms with van der Waals surface area (Å²) < 4.78 is 5.62. The number of hydrogen-bond acceptors (Lipinski definition) is 4. The van der Waals surface area contributed by atoms with Gasteiger partial charge in [-0.25, -0.2) is 4.79 Å². The lowest BCUT2D eigenvalue weighted by atomic mass is 9.70. The number of carbonyl (C=O) groups is 3. The third kappa shape index (κ3) is 4.45. The van der Waals surface area contributed by atoms with Crippen molar-refractivity contribution in [2.24, 2.45) is 5.92 Å². The second kappa shape index (κ2) is 8.73. The van der Waals surface area contributed by atoms with Crippen LogP contribution >= 0.6 is 0 Å². The summed E-state index contributed by atoms with van der Waals surface area (Å²) in [5.74, 6) is -0.849. The minimum absolute atomic E-state index is 0.156. The minimum atomic E-state index is -1.22. The van der Waals surface area contributed by atoms with Crippen molar-refractivity contribution in [1.82, 2.24) is 15.5 Å². The normalized spacial score (nSPS) is 27.0. The van der Waals surface area contributed by atoms with Gasteiger partial charge < -0.3 is 15.4 Å². The first-order valence-corrected chi connectivity index (χ1v) is 10.8. The van der Waals surface area contributed by atoms with Crippen LogP contribution in [0.2, 0.25) is 0 Å². The van der Waals surface area contributed by atoms with Crippen molar-refractivity contribution in [1.29, 1.82) is 0 Å². The smallest absolute Gasteiger partial charge is 0.410 e. The third-order valence-electron chi connectivity index (χ3n) is 6.09. The van der Waals surface area contributed by atoms with Crippen LogP contribution in [0.15, 0.2) is 43.0 Å². The van der Waals surface area contributed by atoms with E-state index in [0.29, 0.717) is 12.8 Å². The molecule has 1 aromatic carbocycles. The summed E-state index contributed by atoms with van der Waals surface area (Å²) in [6.45, 7) is 11.1. The molecule has 31 heavy (non-hydrogen) atoms. The molecule has 1 aromatic rings. The van der Waals surface area contributed by atoms with Crippen molar-refractivity contribution < 1.29 is 19.1 Å². The number of fused-ring (bicyclic) bond motifs is 2. The highest BCUT2D eigenvalue weighted by atomic mass is 16.6. The number of nitrogens with one attached hydrogen (secondary N) is 2. The van der Waals surface area contributed by atoms with E-state index >= 15 is 0 Å². The Morgan fingerprint density at radius 1 is 1.23 bits per heavy atom. The quantitative estimate of drug-likeness (QED) is 0.683. The fourth-order valence-electron chi connectivity index (χ4n) is 5.10. The maximum Gasteiger partial charge on any atom is 0.410 e. The van der Waals surface area contributed by atoms with E-state index in [4.69, 9.17) is 4.74 Å². The van der Waals surface area contributed by atoms with Crippen LogP contribution in [0.5, 0.6) is 0 Å². The van der Waals surface area contributed by atoms with Crippen molar-refractivity contribution >= 4 is 17.9 Å². The predicted molar refractivity (Wildman–Crippen MR) is 118 cm³/mol. The Morgan fingerprint density at radius 3 is 2.48 bits per heavy atom. The van der Waals surface area contributed by atoms with Gasteiger partial charge in [0.15, 0.2) is 0 Å². The zero-order valence-corrected chi connectivity index (χ0v) is 18.8. The van der Waals surface area contributed by atoms with E-state index in [2.05, 4.69) is 17.2 Å². The summed E-state index contributed by atoms with van der Waals surface area (Å²) in [6, 6.07) is 8.79. The summed E-state index contributed by atoms with van der Waals surface area (Å²) in [6.07, 6.45) is 3.17. The Bertz CT molecular complexity index is 848. The summed E-state index contributed by atoms with van der Waals surface area (Å²) in [5, 5.41) is 5.99. The van der Waals surface area contributed by atoms with Crippen molar-refractivity contribution in [3.05, 3.63) is 48.6 Å². The van der Waals surface area contributed by atoms with Gasteiger partial charge >= 0.3 is 6.09 Å². The molecule has 168 valence electrons. The average Bonchev–Trinajstić information content (AvgIpc) is 3.22. The summed E-state index contributed by atoms with van der Waals surface area (Å²) in [7, 11) is 0. The Balaban J connectivity index is 1.93. The van der Waals surface area contributed by atoms with Gasteiger partial charge in [0.2, 0.25) is 11.8 Å². The highest BCUT2D eigenvalue weighted by Crippen LogP contribution is 2.50. The minimum Gasteiger partial charge on any atom is -0.445 e. The Kier molecular flexibility index (Phi) is 6.43. The van der Waals surface area contributed by atoms with E-state index in [9.17, 15) is 14.4 Å². The average molecular weight is 428 g/mol. The van der Waals surface area contributed by atoms with Crippen LogP contribution in [-0.2, 0) is 20.9 Å². The molecule has 0 spiro atoms. The number of benzene rings is 1. The molecule has 4 atom stereocenters. The first kappa shape index (κ1) is 22.8. The Morgan fingerprint density at radius 2 is 1.90 bits per heavy atom. The summed E-state index contributed by atoms with van der Waals surface area (Å²) in [5.41, 5.74) is -0.812. The lowest BCUT2D eigenvalue weighted by molar-refractivity contribution is -0.137. The predicted octanol–water partition coefficient (Wildman–Crippen LogP) is 3.15. The second-order valence-corrected chi connectivity index (χ2v) is 9.49. The van der Waals surface area contributed by atoms with E-state index in [1.165, 1.54) is 6.92 Å². The SMILES string of the molecule is C=CC[C@H]1C2CCC(N2C(=O)OCc2ccccc2)C1(NC(C)=O)C(=O)NC(C)(C)C. The topological polar surface area (TPSA) is 87.7 Å². The van der Waals surface area contributed by atoms with Crippen molar-refractivity contribution in [2.45, 2.75) is 76.7 Å². The first-order chi connectivity index (χ1) is 14.6. The van der Waals surface area contributed by atoms with Crippen LogP contribution in [0.25, 0.3) is 0 Å². The van der Waals surface area contributed by atoms with Gasteiger partial charge in [-0.1, -0.05) is 36.4 Å². The molecule has 2 fully saturated rings. The van der Waals surface area contributed by atoms with E-state index < -0.39 is 23.2 Å². The number of allylic oxidation sites excluding steroid dienone is 1. The lowest BCUT2D eigenvalue weighted by Gasteiger charge is -2.42. The van der Waals surface area contributed by atoms with Gasteiger partial charge in [0.25, 0.3) is 0 Å². The summed E-state index contributed by atoms with van der Waals surface area (Å²) in [4.78, 5) is 40.7. The number of ether oxygens (including phenoxy) is 1. The van der Waals surface area contributed by atoms with Gasteiger partial charge in [-0.2, -0.15) is 0 Å². The van der Waals surface area contributed by atoms with E-state index in [1.807, 2.05) is 51.1 Å². The van der Waals surface area contributed by atoms with Gasteiger partial charge in [-0.3, -0.25) is 14.5 Å². The molecular formula is C24H33N3O4. The Labute approximate surface area is 184 Å². The zero-order valence-electron chi connectivity index (χ0n) is 18.8. The molecule has 0 radical (unpaired) electrons. The highest BCUT2D eigenvalue weighted by Gasteiger charge is 2.68. The van der Waals surface area contributed by atoms with Crippen molar-refractivity contribution in [3.8, 4) is 0 Å². The van der Waals surface area contributed by atoms with Crippen LogP contribution in [0, 0.1) is 5.92 Å². The van der Waals surface area contributed by atoms with E-state index in [0.717, 1.165) is 12.0 Å². The molecule has 2 heterocycles. The fraction of sp³-hybridized carbons (Fsp3) is 0.542. The maximum atomic E-state index is 13.6. The maximum absolute atomic E-state index is 13.6. The number of rotatable bonds is 6. The zero-order chi connectivity index (χ0) is 22.8. The molecule has 3 rings (SSSR count). The monoisotopic (exact) mass is 427 g/mol. The first-order valence-electron chi connectivity index (χ1n) is 10.8. The Hall–Kier alpha value is -2.83. The molecule has 2 N–H and O–H groups in total. The number of amides is 3. The van der Waals surface area contributed by atoms with Gasteiger partial charge in [0.1, 0.15) is 12.1 Å². The van der Waals surface area contributed by atoms with Crippen LogP contribution in [-0.4, -0.2) is 46.0 Å². The van der Waals surface area contributed by atoms with Gasteiger partial charge in [0, 0.05) is 24.4 Å². The summed E-state index contributed by atoms with van der Waals surface area (Å²) >= 11 is 0. The number of carbonyl (C=O) groups excluding carboxylic acids is 3. The van der Waals surface area contributed by atoms with Crippen LogP contribution in [0.1, 0.15) is 52.5 Å². The van der Waals surface area contributed by atoms with Gasteiger partial charge in [-0.05, 0) is 45.6 Å². The molecule has 7 heteroatoms. The number of nitrogens with zero attached hydrogens (tertiary/aromatic N) is 1. The number of hydrogen-bond donors (Lipinski definition) is 2.